The summed E-state index contributed by atoms with van der Waals surface area (Å²) in [5, 5.41) is 10.0. The summed E-state index contributed by atoms with van der Waals surface area (Å²) in [5.41, 5.74) is 3.39. The van der Waals surface area contributed by atoms with Crippen molar-refractivity contribution in [3.8, 4) is 0 Å². The van der Waals surface area contributed by atoms with E-state index < -0.39 is 21.2 Å². The molecule has 108 valence electrons. The summed E-state index contributed by atoms with van der Waals surface area (Å²) in [5.74, 6) is 0. The number of rotatable bonds is 4. The fourth-order valence-corrected chi connectivity index (χ4v) is 3.53. The Balaban J connectivity index is 3.28. The summed E-state index contributed by atoms with van der Waals surface area (Å²) in [4.78, 5) is -0.172. The average Bonchev–Trinajstić information content (AvgIpc) is 2.12. The molecule has 0 aliphatic rings. The first-order chi connectivity index (χ1) is 8.38. The van der Waals surface area contributed by atoms with E-state index in [1.165, 1.54) is 26.0 Å². The highest BCUT2D eigenvalue weighted by Crippen LogP contribution is 2.30. The number of nitrogen functional groups attached to an aromatic ring is 1. The monoisotopic (exact) mass is 306 g/mol. The summed E-state index contributed by atoms with van der Waals surface area (Å²) in [6.07, 6.45) is 0. The molecule has 0 aromatic heterocycles. The van der Waals surface area contributed by atoms with E-state index >= 15 is 0 Å². The molecule has 0 radical (unpaired) electrons. The third kappa shape index (κ3) is 3.39. The number of nitrogens with two attached hydrogens (primary N) is 1. The fourth-order valence-electron chi connectivity index (χ4n) is 1.32. The number of anilines is 1. The second-order valence-corrected chi connectivity index (χ2v) is 7.47. The van der Waals surface area contributed by atoms with Crippen molar-refractivity contribution < 1.29 is 13.5 Å². The third-order valence-electron chi connectivity index (χ3n) is 3.19. The second kappa shape index (κ2) is 4.94. The molecule has 5 nitrogen and oxygen atoms in total. The Morgan fingerprint density at radius 1 is 1.26 bits per heavy atom. The molecule has 7 heteroatoms. The van der Waals surface area contributed by atoms with Gasteiger partial charge in [-0.15, -0.1) is 0 Å². The van der Waals surface area contributed by atoms with Gasteiger partial charge in [-0.2, -0.15) is 0 Å². The number of halogens is 1. The molecule has 19 heavy (non-hydrogen) atoms. The molecule has 0 atom stereocenters. The molecule has 1 rings (SSSR count). The highest BCUT2D eigenvalue weighted by Gasteiger charge is 2.39. The first-order valence-electron chi connectivity index (χ1n) is 5.69. The lowest BCUT2D eigenvalue weighted by atomic mass is 9.87. The Labute approximate surface area is 118 Å². The van der Waals surface area contributed by atoms with Gasteiger partial charge in [0.2, 0.25) is 10.0 Å². The van der Waals surface area contributed by atoms with Crippen molar-refractivity contribution in [2.45, 2.75) is 43.7 Å². The van der Waals surface area contributed by atoms with Crippen molar-refractivity contribution in [2.24, 2.45) is 0 Å². The van der Waals surface area contributed by atoms with Gasteiger partial charge in [-0.25, -0.2) is 13.1 Å². The molecule has 4 N–H and O–H groups in total. The van der Waals surface area contributed by atoms with E-state index in [-0.39, 0.29) is 15.6 Å². The van der Waals surface area contributed by atoms with Gasteiger partial charge in [-0.3, -0.25) is 0 Å². The van der Waals surface area contributed by atoms with Crippen LogP contribution in [0.25, 0.3) is 0 Å². The number of nitrogens with one attached hydrogen (secondary N) is 1. The molecular formula is C12H19ClN2O3S. The maximum Gasteiger partial charge on any atom is 0.244 e. The van der Waals surface area contributed by atoms with Crippen LogP contribution in [0.5, 0.6) is 0 Å². The van der Waals surface area contributed by atoms with Crippen molar-refractivity contribution in [1.82, 2.24) is 4.72 Å². The summed E-state index contributed by atoms with van der Waals surface area (Å²) >= 11 is 5.90. The smallest absolute Gasteiger partial charge is 0.244 e. The van der Waals surface area contributed by atoms with Gasteiger partial charge >= 0.3 is 0 Å². The van der Waals surface area contributed by atoms with Crippen molar-refractivity contribution >= 4 is 27.3 Å². The van der Waals surface area contributed by atoms with Crippen molar-refractivity contribution in [2.75, 3.05) is 5.73 Å². The first kappa shape index (κ1) is 16.2. The van der Waals surface area contributed by atoms with E-state index in [1.54, 1.807) is 19.9 Å². The standard InChI is InChI=1S/C12H19ClN2O3S/c1-11(2,12(3,4)16)15-19(17,18)10-8(13)6-5-7-9(10)14/h5-7,15-16H,14H2,1-4H3. The highest BCUT2D eigenvalue weighted by atomic mass is 35.5. The Bertz CT molecular complexity index is 557. The molecule has 1 aromatic carbocycles. The average molecular weight is 307 g/mol. The van der Waals surface area contributed by atoms with Gasteiger partial charge in [0.1, 0.15) is 4.90 Å². The molecule has 0 heterocycles. The van der Waals surface area contributed by atoms with Crippen LogP contribution in [0.3, 0.4) is 0 Å². The van der Waals surface area contributed by atoms with Gasteiger partial charge in [0, 0.05) is 0 Å². The minimum absolute atomic E-state index is 0.0408. The molecular weight excluding hydrogens is 288 g/mol. The molecule has 0 fully saturated rings. The van der Waals surface area contributed by atoms with E-state index in [1.807, 2.05) is 0 Å². The third-order valence-corrected chi connectivity index (χ3v) is 5.38. The van der Waals surface area contributed by atoms with E-state index in [9.17, 15) is 13.5 Å². The van der Waals surface area contributed by atoms with Crippen LogP contribution >= 0.6 is 11.6 Å². The van der Waals surface area contributed by atoms with E-state index in [0.29, 0.717) is 0 Å². The summed E-state index contributed by atoms with van der Waals surface area (Å²) in [6, 6.07) is 4.47. The zero-order valence-electron chi connectivity index (χ0n) is 11.4. The van der Waals surface area contributed by atoms with Crippen LogP contribution in [0.1, 0.15) is 27.7 Å². The van der Waals surface area contributed by atoms with Crippen LogP contribution in [0.15, 0.2) is 23.1 Å². The number of aliphatic hydroxyl groups is 1. The Morgan fingerprint density at radius 3 is 2.21 bits per heavy atom. The van der Waals surface area contributed by atoms with Gasteiger partial charge in [-0.05, 0) is 39.8 Å². The van der Waals surface area contributed by atoms with Gasteiger partial charge in [0.15, 0.2) is 0 Å². The molecule has 0 saturated heterocycles. The maximum absolute atomic E-state index is 12.3. The van der Waals surface area contributed by atoms with Crippen molar-refractivity contribution in [3.63, 3.8) is 0 Å². The molecule has 0 unspecified atom stereocenters. The van der Waals surface area contributed by atoms with Gasteiger partial charge in [0.05, 0.1) is 21.8 Å². The number of sulfonamides is 1. The second-order valence-electron chi connectivity index (χ2n) is 5.45. The lowest BCUT2D eigenvalue weighted by Gasteiger charge is -2.37. The summed E-state index contributed by atoms with van der Waals surface area (Å²) in [7, 11) is -3.93. The number of hydrogen-bond acceptors (Lipinski definition) is 4. The van der Waals surface area contributed by atoms with Crippen LogP contribution in [0.2, 0.25) is 5.02 Å². The Kier molecular flexibility index (Phi) is 4.22. The van der Waals surface area contributed by atoms with Crippen LogP contribution in [-0.4, -0.2) is 24.7 Å². The highest BCUT2D eigenvalue weighted by molar-refractivity contribution is 7.89. The van der Waals surface area contributed by atoms with E-state index in [0.717, 1.165) is 0 Å². The SMILES string of the molecule is CC(C)(O)C(C)(C)NS(=O)(=O)c1c(N)cccc1Cl. The molecule has 0 bridgehead atoms. The lowest BCUT2D eigenvalue weighted by molar-refractivity contribution is 0.00639. The Hall–Kier alpha value is -0.820. The predicted molar refractivity (Wildman–Crippen MR) is 76.6 cm³/mol. The zero-order chi connectivity index (χ0) is 15.1. The normalized spacial score (nSPS) is 13.6. The van der Waals surface area contributed by atoms with Crippen LogP contribution in [0, 0.1) is 0 Å². The molecule has 0 aliphatic heterocycles. The number of benzene rings is 1. The molecule has 0 spiro atoms. The van der Waals surface area contributed by atoms with Gasteiger partial charge in [-0.1, -0.05) is 17.7 Å². The Morgan fingerprint density at radius 2 is 1.79 bits per heavy atom. The fraction of sp³-hybridized carbons (Fsp3) is 0.500. The molecule has 0 saturated carbocycles. The number of hydrogen-bond donors (Lipinski definition) is 3. The largest absolute Gasteiger partial charge is 0.398 e. The zero-order valence-corrected chi connectivity index (χ0v) is 12.9. The van der Waals surface area contributed by atoms with Gasteiger partial charge in [0.25, 0.3) is 0 Å². The molecule has 0 aliphatic carbocycles. The summed E-state index contributed by atoms with van der Waals surface area (Å²) < 4.78 is 27.1. The predicted octanol–water partition coefficient (Wildman–Crippen LogP) is 1.75. The minimum Gasteiger partial charge on any atom is -0.398 e. The van der Waals surface area contributed by atoms with Gasteiger partial charge < -0.3 is 10.8 Å². The van der Waals surface area contributed by atoms with Crippen LogP contribution in [0.4, 0.5) is 5.69 Å². The molecule has 0 amide bonds. The first-order valence-corrected chi connectivity index (χ1v) is 7.55. The van der Waals surface area contributed by atoms with E-state index in [4.69, 9.17) is 17.3 Å². The maximum atomic E-state index is 12.3. The topological polar surface area (TPSA) is 92.4 Å². The lowest BCUT2D eigenvalue weighted by Crippen LogP contribution is -2.57. The van der Waals surface area contributed by atoms with Crippen molar-refractivity contribution in [1.29, 1.82) is 0 Å². The summed E-state index contributed by atoms with van der Waals surface area (Å²) in [6.45, 7) is 6.20. The van der Waals surface area contributed by atoms with Crippen LogP contribution in [-0.2, 0) is 10.0 Å². The van der Waals surface area contributed by atoms with Crippen LogP contribution < -0.4 is 10.5 Å². The quantitative estimate of drug-likeness (QED) is 0.739. The van der Waals surface area contributed by atoms with Crippen molar-refractivity contribution in [3.05, 3.63) is 23.2 Å². The molecule has 1 aromatic rings. The minimum atomic E-state index is -3.93. The van der Waals surface area contributed by atoms with E-state index in [2.05, 4.69) is 4.72 Å².